The van der Waals surface area contributed by atoms with Gasteiger partial charge in [-0.05, 0) is 31.9 Å². The maximum Gasteiger partial charge on any atom is 0.291 e. The molecule has 0 heterocycles. The number of hydrogen-bond acceptors (Lipinski definition) is 4. The Labute approximate surface area is 105 Å². The quantitative estimate of drug-likeness (QED) is 0.457. The fraction of sp³-hybridized carbons (Fsp3) is 0. The van der Waals surface area contributed by atoms with Gasteiger partial charge in [0.05, 0.1) is 20.9 Å². The van der Waals surface area contributed by atoms with Crippen molar-refractivity contribution in [1.29, 1.82) is 0 Å². The van der Waals surface area contributed by atoms with Crippen molar-refractivity contribution < 1.29 is 9.85 Å². The Kier molecular flexibility index (Phi) is 3.63. The molecule has 0 N–H and O–H groups in total. The van der Waals surface area contributed by atoms with E-state index in [2.05, 4.69) is 31.9 Å². The van der Waals surface area contributed by atoms with Crippen LogP contribution >= 0.6 is 43.5 Å². The van der Waals surface area contributed by atoms with Crippen LogP contribution in [0.4, 0.5) is 11.4 Å². The second-order valence-electron chi connectivity index (χ2n) is 2.37. The van der Waals surface area contributed by atoms with Gasteiger partial charge in [-0.2, -0.15) is 0 Å². The molecule has 0 spiro atoms. The molecule has 9 heteroatoms. The first-order valence-electron chi connectivity index (χ1n) is 3.32. The SMILES string of the molecule is O=[N+]([O-])c1cc([N+](=O)[O-])c(Br)c(Cl)c1Br. The molecule has 1 aromatic rings. The van der Waals surface area contributed by atoms with Crippen LogP contribution in [-0.4, -0.2) is 9.85 Å². The molecule has 1 aromatic carbocycles. The van der Waals surface area contributed by atoms with E-state index in [9.17, 15) is 20.2 Å². The summed E-state index contributed by atoms with van der Waals surface area (Å²) in [5.41, 5.74) is -0.898. The van der Waals surface area contributed by atoms with Crippen molar-refractivity contribution in [2.75, 3.05) is 0 Å². The Morgan fingerprint density at radius 1 is 1.07 bits per heavy atom. The summed E-state index contributed by atoms with van der Waals surface area (Å²) in [5.74, 6) is 0. The van der Waals surface area contributed by atoms with Crippen LogP contribution in [0.25, 0.3) is 0 Å². The van der Waals surface area contributed by atoms with Crippen LogP contribution < -0.4 is 0 Å². The molecule has 0 amide bonds. The summed E-state index contributed by atoms with van der Waals surface area (Å²) in [6.45, 7) is 0. The van der Waals surface area contributed by atoms with Crippen LogP contribution in [0.5, 0.6) is 0 Å². The Bertz CT molecular complexity index is 427. The minimum atomic E-state index is -0.755. The van der Waals surface area contributed by atoms with E-state index in [0.29, 0.717) is 0 Å². The highest BCUT2D eigenvalue weighted by atomic mass is 79.9. The molecule has 0 atom stereocenters. The lowest BCUT2D eigenvalue weighted by molar-refractivity contribution is -0.395. The standard InChI is InChI=1S/C6HBr2ClN2O4/c7-4-2(10(12)13)1-3(11(14)15)5(8)6(4)9/h1H. The highest BCUT2D eigenvalue weighted by molar-refractivity contribution is 9.11. The molecule has 0 aromatic heterocycles. The van der Waals surface area contributed by atoms with Crippen molar-refractivity contribution in [3.05, 3.63) is 40.3 Å². The maximum absolute atomic E-state index is 10.5. The van der Waals surface area contributed by atoms with Crippen LogP contribution in [0.1, 0.15) is 0 Å². The van der Waals surface area contributed by atoms with Gasteiger partial charge in [0.1, 0.15) is 8.95 Å². The number of nitrogens with zero attached hydrogens (tertiary/aromatic N) is 2. The summed E-state index contributed by atoms with van der Waals surface area (Å²) in [4.78, 5) is 19.6. The predicted molar refractivity (Wildman–Crippen MR) is 60.2 cm³/mol. The Morgan fingerprint density at radius 3 is 1.67 bits per heavy atom. The van der Waals surface area contributed by atoms with E-state index in [1.54, 1.807) is 0 Å². The van der Waals surface area contributed by atoms with Gasteiger partial charge < -0.3 is 0 Å². The minimum Gasteiger partial charge on any atom is -0.258 e. The Hall–Kier alpha value is -0.730. The number of halogens is 3. The van der Waals surface area contributed by atoms with E-state index >= 15 is 0 Å². The van der Waals surface area contributed by atoms with E-state index in [0.717, 1.165) is 6.07 Å². The number of nitro benzene ring substituents is 2. The first-order valence-corrected chi connectivity index (χ1v) is 5.29. The molecule has 1 rings (SSSR count). The monoisotopic (exact) mass is 358 g/mol. The fourth-order valence-corrected chi connectivity index (χ4v) is 2.22. The van der Waals surface area contributed by atoms with E-state index in [1.807, 2.05) is 0 Å². The predicted octanol–water partition coefficient (Wildman–Crippen LogP) is 3.68. The van der Waals surface area contributed by atoms with Gasteiger partial charge in [-0.1, -0.05) is 11.6 Å². The summed E-state index contributed by atoms with van der Waals surface area (Å²) in [7, 11) is 0. The van der Waals surface area contributed by atoms with Gasteiger partial charge in [-0.25, -0.2) is 0 Å². The molecule has 80 valence electrons. The molecule has 0 bridgehead atoms. The molecule has 0 aliphatic carbocycles. The van der Waals surface area contributed by atoms with Crippen molar-refractivity contribution in [2.24, 2.45) is 0 Å². The van der Waals surface area contributed by atoms with E-state index < -0.39 is 21.2 Å². The van der Waals surface area contributed by atoms with Gasteiger partial charge in [0.25, 0.3) is 11.4 Å². The largest absolute Gasteiger partial charge is 0.291 e. The second-order valence-corrected chi connectivity index (χ2v) is 4.33. The van der Waals surface area contributed by atoms with Gasteiger partial charge in [-0.15, -0.1) is 0 Å². The molecule has 6 nitrogen and oxygen atoms in total. The highest BCUT2D eigenvalue weighted by Crippen LogP contribution is 2.43. The molecule has 0 saturated carbocycles. The second kappa shape index (κ2) is 4.42. The number of rotatable bonds is 2. The topological polar surface area (TPSA) is 86.3 Å². The average molecular weight is 360 g/mol. The molecule has 0 saturated heterocycles. The third-order valence-corrected chi connectivity index (χ3v) is 3.94. The van der Waals surface area contributed by atoms with Crippen LogP contribution in [-0.2, 0) is 0 Å². The average Bonchev–Trinajstić information content (AvgIpc) is 2.13. The van der Waals surface area contributed by atoms with Gasteiger partial charge in [-0.3, -0.25) is 20.2 Å². The van der Waals surface area contributed by atoms with E-state index in [4.69, 9.17) is 11.6 Å². The van der Waals surface area contributed by atoms with E-state index in [1.165, 1.54) is 0 Å². The van der Waals surface area contributed by atoms with Crippen molar-refractivity contribution in [3.63, 3.8) is 0 Å². The normalized spacial score (nSPS) is 10.1. The first-order chi connectivity index (χ1) is 6.86. The van der Waals surface area contributed by atoms with E-state index in [-0.39, 0.29) is 14.0 Å². The van der Waals surface area contributed by atoms with Crippen LogP contribution in [0.15, 0.2) is 15.0 Å². The zero-order valence-corrected chi connectivity index (χ0v) is 10.7. The molecule has 15 heavy (non-hydrogen) atoms. The fourth-order valence-electron chi connectivity index (χ4n) is 0.843. The molecular formula is C6HBr2ClN2O4. The lowest BCUT2D eigenvalue weighted by Gasteiger charge is -2.01. The first kappa shape index (κ1) is 12.3. The summed E-state index contributed by atoms with van der Waals surface area (Å²) in [6.07, 6.45) is 0. The van der Waals surface area contributed by atoms with Gasteiger partial charge >= 0.3 is 0 Å². The van der Waals surface area contributed by atoms with Crippen molar-refractivity contribution >= 4 is 54.8 Å². The van der Waals surface area contributed by atoms with Gasteiger partial charge in [0.15, 0.2) is 0 Å². The van der Waals surface area contributed by atoms with Gasteiger partial charge in [0.2, 0.25) is 0 Å². The highest BCUT2D eigenvalue weighted by Gasteiger charge is 2.26. The molecule has 0 aliphatic rings. The summed E-state index contributed by atoms with van der Waals surface area (Å²) >= 11 is 11.5. The Morgan fingerprint density at radius 2 is 1.40 bits per heavy atom. The number of benzene rings is 1. The lowest BCUT2D eigenvalue weighted by Crippen LogP contribution is -1.95. The zero-order chi connectivity index (χ0) is 11.7. The molecular weight excluding hydrogens is 359 g/mol. The Balaban J connectivity index is 3.59. The van der Waals surface area contributed by atoms with Crippen molar-refractivity contribution in [1.82, 2.24) is 0 Å². The number of nitro groups is 2. The molecule has 0 fully saturated rings. The van der Waals surface area contributed by atoms with Crippen LogP contribution in [0.2, 0.25) is 5.02 Å². The van der Waals surface area contributed by atoms with Crippen molar-refractivity contribution in [2.45, 2.75) is 0 Å². The third kappa shape index (κ3) is 2.27. The third-order valence-electron chi connectivity index (χ3n) is 1.50. The smallest absolute Gasteiger partial charge is 0.258 e. The number of hydrogen-bond donors (Lipinski definition) is 0. The van der Waals surface area contributed by atoms with Crippen molar-refractivity contribution in [3.8, 4) is 0 Å². The summed E-state index contributed by atoms with van der Waals surface area (Å²) < 4.78 is 0.0123. The molecule has 0 unspecified atom stereocenters. The van der Waals surface area contributed by atoms with Crippen LogP contribution in [0, 0.1) is 20.2 Å². The van der Waals surface area contributed by atoms with Crippen LogP contribution in [0.3, 0.4) is 0 Å². The summed E-state index contributed by atoms with van der Waals surface area (Å²) in [5, 5.41) is 21.0. The summed E-state index contributed by atoms with van der Waals surface area (Å²) in [6, 6.07) is 0.833. The maximum atomic E-state index is 10.5. The zero-order valence-electron chi connectivity index (χ0n) is 6.74. The lowest BCUT2D eigenvalue weighted by atomic mass is 10.3. The molecule has 0 radical (unpaired) electrons. The van der Waals surface area contributed by atoms with Gasteiger partial charge in [0, 0.05) is 0 Å². The molecule has 0 aliphatic heterocycles. The minimum absolute atomic E-state index is 0.00615.